The SMILES string of the molecule is Cc1ccc2c(c1)c1cc3c(cc1n2-c1ccc(-n2c4ccc(-c5cccc(-c6cc(-c7ccccc7)cc(-c7ccccc7)c6)c5)cc4c4cc5c(cc42)C(C)(C)c2ccccc2-5)cc1)C(C)(C)c1ccccc1-3. The highest BCUT2D eigenvalue weighted by atomic mass is 15.0. The lowest BCUT2D eigenvalue weighted by atomic mass is 9.82. The van der Waals surface area contributed by atoms with Crippen LogP contribution < -0.4 is 0 Å². The van der Waals surface area contributed by atoms with Crippen molar-refractivity contribution in [3.05, 3.63) is 264 Å². The molecule has 11 aromatic carbocycles. The van der Waals surface area contributed by atoms with Crippen molar-refractivity contribution in [3.63, 3.8) is 0 Å². The van der Waals surface area contributed by atoms with Crippen LogP contribution in [0.1, 0.15) is 55.5 Å². The van der Waals surface area contributed by atoms with E-state index < -0.39 is 0 Å². The lowest BCUT2D eigenvalue weighted by Crippen LogP contribution is -2.15. The maximum atomic E-state index is 2.51. The fourth-order valence-electron chi connectivity index (χ4n) is 13.3. The molecular formula is C73H54N2. The number of rotatable bonds is 6. The van der Waals surface area contributed by atoms with Crippen molar-refractivity contribution in [1.29, 1.82) is 0 Å². The predicted octanol–water partition coefficient (Wildman–Crippen LogP) is 19.5. The third kappa shape index (κ3) is 6.52. The Hall–Kier alpha value is -8.98. The molecule has 356 valence electrons. The minimum Gasteiger partial charge on any atom is -0.309 e. The summed E-state index contributed by atoms with van der Waals surface area (Å²) in [5.41, 5.74) is 28.7. The van der Waals surface area contributed by atoms with Crippen molar-refractivity contribution in [3.8, 4) is 78.1 Å². The normalized spacial score (nSPS) is 13.9. The summed E-state index contributed by atoms with van der Waals surface area (Å²) >= 11 is 0. The maximum Gasteiger partial charge on any atom is 0.0544 e. The van der Waals surface area contributed by atoms with E-state index in [1.54, 1.807) is 0 Å². The van der Waals surface area contributed by atoms with E-state index in [9.17, 15) is 0 Å². The molecule has 0 bridgehead atoms. The van der Waals surface area contributed by atoms with Gasteiger partial charge in [0.05, 0.1) is 22.1 Å². The first-order valence-corrected chi connectivity index (χ1v) is 26.5. The second-order valence-electron chi connectivity index (χ2n) is 22.2. The number of hydrogen-bond donors (Lipinski definition) is 0. The summed E-state index contributed by atoms with van der Waals surface area (Å²) in [5, 5.41) is 5.09. The monoisotopic (exact) mass is 958 g/mol. The number of nitrogens with zero attached hydrogens (tertiary/aromatic N) is 2. The highest BCUT2D eigenvalue weighted by Crippen LogP contribution is 2.53. The van der Waals surface area contributed by atoms with Crippen LogP contribution in [0, 0.1) is 6.92 Å². The summed E-state index contributed by atoms with van der Waals surface area (Å²) in [7, 11) is 0. The number of hydrogen-bond acceptors (Lipinski definition) is 0. The minimum absolute atomic E-state index is 0.0996. The van der Waals surface area contributed by atoms with Gasteiger partial charge in [-0.05, 0) is 193 Å². The molecule has 0 atom stereocenters. The minimum atomic E-state index is -0.139. The van der Waals surface area contributed by atoms with E-state index in [-0.39, 0.29) is 10.8 Å². The quantitative estimate of drug-likeness (QED) is 0.157. The van der Waals surface area contributed by atoms with Gasteiger partial charge in [-0.15, -0.1) is 0 Å². The highest BCUT2D eigenvalue weighted by Gasteiger charge is 2.38. The van der Waals surface area contributed by atoms with Crippen molar-refractivity contribution in [1.82, 2.24) is 9.13 Å². The molecule has 2 heteroatoms. The summed E-state index contributed by atoms with van der Waals surface area (Å²) in [4.78, 5) is 0. The maximum absolute atomic E-state index is 2.51. The van der Waals surface area contributed by atoms with Gasteiger partial charge in [0.1, 0.15) is 0 Å². The van der Waals surface area contributed by atoms with Gasteiger partial charge in [0, 0.05) is 43.7 Å². The van der Waals surface area contributed by atoms with Crippen molar-refractivity contribution < 1.29 is 0 Å². The lowest BCUT2D eigenvalue weighted by molar-refractivity contribution is 0.661. The second kappa shape index (κ2) is 16.0. The molecule has 2 aliphatic rings. The Labute approximate surface area is 438 Å². The average molecular weight is 959 g/mol. The van der Waals surface area contributed by atoms with Gasteiger partial charge in [0.15, 0.2) is 0 Å². The van der Waals surface area contributed by atoms with E-state index in [2.05, 4.69) is 280 Å². The van der Waals surface area contributed by atoms with E-state index in [1.807, 2.05) is 0 Å². The number of fused-ring (bicyclic) bond motifs is 12. The van der Waals surface area contributed by atoms with E-state index in [4.69, 9.17) is 0 Å². The molecule has 0 radical (unpaired) electrons. The third-order valence-corrected chi connectivity index (χ3v) is 17.1. The molecule has 0 spiro atoms. The van der Waals surface area contributed by atoms with Crippen molar-refractivity contribution >= 4 is 43.6 Å². The van der Waals surface area contributed by atoms with Crippen LogP contribution in [0.25, 0.3) is 122 Å². The largest absolute Gasteiger partial charge is 0.309 e. The highest BCUT2D eigenvalue weighted by molar-refractivity contribution is 6.14. The summed E-state index contributed by atoms with van der Waals surface area (Å²) in [6.07, 6.45) is 0. The molecule has 2 aliphatic carbocycles. The Kier molecular flexibility index (Phi) is 9.30. The molecular weight excluding hydrogens is 905 g/mol. The van der Waals surface area contributed by atoms with E-state index >= 15 is 0 Å². The molecule has 0 aliphatic heterocycles. The Morgan fingerprint density at radius 3 is 1.16 bits per heavy atom. The molecule has 2 heterocycles. The van der Waals surface area contributed by atoms with Gasteiger partial charge in [-0.3, -0.25) is 0 Å². The molecule has 0 saturated carbocycles. The van der Waals surface area contributed by atoms with Gasteiger partial charge >= 0.3 is 0 Å². The summed E-state index contributed by atoms with van der Waals surface area (Å²) in [6, 6.07) is 88.9. The fraction of sp³-hybridized carbons (Fsp3) is 0.0959. The molecule has 2 aromatic heterocycles. The Balaban J connectivity index is 0.892. The van der Waals surface area contributed by atoms with Crippen LogP contribution in [-0.4, -0.2) is 9.13 Å². The van der Waals surface area contributed by atoms with Crippen LogP contribution in [0.5, 0.6) is 0 Å². The molecule has 15 rings (SSSR count). The van der Waals surface area contributed by atoms with Crippen LogP contribution >= 0.6 is 0 Å². The smallest absolute Gasteiger partial charge is 0.0544 e. The zero-order valence-electron chi connectivity index (χ0n) is 42.9. The Morgan fingerprint density at radius 2 is 0.640 bits per heavy atom. The number of aryl methyl sites for hydroxylation is 1. The van der Waals surface area contributed by atoms with E-state index in [0.29, 0.717) is 0 Å². The number of aromatic nitrogens is 2. The molecule has 13 aromatic rings. The van der Waals surface area contributed by atoms with Gasteiger partial charge in [-0.25, -0.2) is 0 Å². The van der Waals surface area contributed by atoms with Gasteiger partial charge in [0.25, 0.3) is 0 Å². The summed E-state index contributed by atoms with van der Waals surface area (Å²) in [6.45, 7) is 11.7. The van der Waals surface area contributed by atoms with Crippen LogP contribution in [0.3, 0.4) is 0 Å². The Bertz CT molecular complexity index is 4450. The molecule has 0 N–H and O–H groups in total. The van der Waals surface area contributed by atoms with E-state index in [0.717, 1.165) is 11.4 Å². The lowest BCUT2D eigenvalue weighted by Gasteiger charge is -2.22. The zero-order valence-corrected chi connectivity index (χ0v) is 42.9. The van der Waals surface area contributed by atoms with Gasteiger partial charge in [-0.1, -0.05) is 173 Å². The molecule has 75 heavy (non-hydrogen) atoms. The molecule has 0 unspecified atom stereocenters. The summed E-state index contributed by atoms with van der Waals surface area (Å²) < 4.78 is 5.00. The van der Waals surface area contributed by atoms with Crippen LogP contribution in [0.2, 0.25) is 0 Å². The first-order chi connectivity index (χ1) is 36.6. The fourth-order valence-corrected chi connectivity index (χ4v) is 13.3. The zero-order chi connectivity index (χ0) is 50.3. The molecule has 0 saturated heterocycles. The topological polar surface area (TPSA) is 9.86 Å². The van der Waals surface area contributed by atoms with E-state index in [1.165, 1.54) is 138 Å². The third-order valence-electron chi connectivity index (χ3n) is 17.1. The molecule has 2 nitrogen and oxygen atoms in total. The number of benzene rings is 11. The van der Waals surface area contributed by atoms with Gasteiger partial charge in [-0.2, -0.15) is 0 Å². The average Bonchev–Trinajstić information content (AvgIpc) is 4.15. The van der Waals surface area contributed by atoms with Crippen molar-refractivity contribution in [2.45, 2.75) is 45.4 Å². The van der Waals surface area contributed by atoms with Crippen LogP contribution in [0.15, 0.2) is 237 Å². The first-order valence-electron chi connectivity index (χ1n) is 26.5. The first kappa shape index (κ1) is 43.6. The van der Waals surface area contributed by atoms with Crippen LogP contribution in [0.4, 0.5) is 0 Å². The standard InChI is InChI=1S/C73H54N2/c1-45-27-33-68-60(35-45)62-41-58-56-23-12-14-25-64(56)72(2,3)66(58)43-70(62)74(68)54-29-31-55(32-30-54)75-69-34-28-50(40-61(69)63-42-59-57-24-13-15-26-65(57)73(4,5)67(59)44-71(63)75)48-21-16-22-49(36-48)53-38-51(46-17-8-6-9-18-46)37-52(39-53)47-19-10-7-11-20-47/h6-44H,1-5H3. The van der Waals surface area contributed by atoms with Crippen LogP contribution in [-0.2, 0) is 10.8 Å². The molecule has 0 fully saturated rings. The Morgan fingerprint density at radius 1 is 0.253 bits per heavy atom. The molecule has 0 amide bonds. The predicted molar refractivity (Wildman–Crippen MR) is 317 cm³/mol. The second-order valence-corrected chi connectivity index (χ2v) is 22.2. The van der Waals surface area contributed by atoms with Crippen molar-refractivity contribution in [2.24, 2.45) is 0 Å². The summed E-state index contributed by atoms with van der Waals surface area (Å²) in [5.74, 6) is 0. The van der Waals surface area contributed by atoms with Crippen molar-refractivity contribution in [2.75, 3.05) is 0 Å². The van der Waals surface area contributed by atoms with Gasteiger partial charge < -0.3 is 9.13 Å². The van der Waals surface area contributed by atoms with Gasteiger partial charge in [0.2, 0.25) is 0 Å².